The lowest BCUT2D eigenvalue weighted by Crippen LogP contribution is -1.83. The molecule has 1 aromatic heterocycles. The molecule has 1 aromatic carbocycles. The lowest BCUT2D eigenvalue weighted by atomic mass is 10.1. The maximum absolute atomic E-state index is 8.82. The van der Waals surface area contributed by atoms with Gasteiger partial charge >= 0.3 is 0 Å². The second kappa shape index (κ2) is 2.62. The molecular weight excluding hydrogens is 164 g/mol. The standard InChI is InChI=1S/C9H4N4/c10-3-6-1-2-9-8(5-12-13-9)7(6)4-11/h1-2,5H,(H,12,13). The molecule has 0 aliphatic heterocycles. The molecule has 4 nitrogen and oxygen atoms in total. The van der Waals surface area contributed by atoms with Gasteiger partial charge in [-0.2, -0.15) is 15.6 Å². The fraction of sp³-hybridized carbons (Fsp3) is 0. The highest BCUT2D eigenvalue weighted by Crippen LogP contribution is 2.18. The van der Waals surface area contributed by atoms with Crippen LogP contribution in [-0.4, -0.2) is 10.2 Å². The van der Waals surface area contributed by atoms with Crippen molar-refractivity contribution in [3.05, 3.63) is 29.5 Å². The van der Waals surface area contributed by atoms with Crippen molar-refractivity contribution in [3.8, 4) is 12.1 Å². The number of nitriles is 2. The maximum atomic E-state index is 8.82. The van der Waals surface area contributed by atoms with Crippen molar-refractivity contribution in [1.29, 1.82) is 10.5 Å². The SMILES string of the molecule is N#Cc1ccc2[nH]ncc2c1C#N. The van der Waals surface area contributed by atoms with E-state index >= 15 is 0 Å². The first-order valence-corrected chi connectivity index (χ1v) is 3.63. The number of H-pyrrole nitrogens is 1. The minimum absolute atomic E-state index is 0.383. The van der Waals surface area contributed by atoms with Gasteiger partial charge in [0.15, 0.2) is 0 Å². The summed E-state index contributed by atoms with van der Waals surface area (Å²) in [4.78, 5) is 0. The zero-order chi connectivity index (χ0) is 9.26. The van der Waals surface area contributed by atoms with Gasteiger partial charge in [0.1, 0.15) is 12.1 Å². The van der Waals surface area contributed by atoms with Crippen molar-refractivity contribution in [3.63, 3.8) is 0 Å². The summed E-state index contributed by atoms with van der Waals surface area (Å²) < 4.78 is 0. The molecule has 0 atom stereocenters. The van der Waals surface area contributed by atoms with Gasteiger partial charge in [-0.1, -0.05) is 0 Å². The highest BCUT2D eigenvalue weighted by Gasteiger charge is 2.07. The van der Waals surface area contributed by atoms with Crippen LogP contribution in [0.2, 0.25) is 0 Å². The highest BCUT2D eigenvalue weighted by molar-refractivity contribution is 5.86. The van der Waals surface area contributed by atoms with Crippen LogP contribution in [0.25, 0.3) is 10.9 Å². The topological polar surface area (TPSA) is 76.3 Å². The first-order chi connectivity index (χ1) is 6.36. The Bertz CT molecular complexity index is 539. The summed E-state index contributed by atoms with van der Waals surface area (Å²) in [6.45, 7) is 0. The maximum Gasteiger partial charge on any atom is 0.101 e. The number of fused-ring (bicyclic) bond motifs is 1. The van der Waals surface area contributed by atoms with Crippen LogP contribution in [0.1, 0.15) is 11.1 Å². The van der Waals surface area contributed by atoms with Gasteiger partial charge in [0.05, 0.1) is 22.8 Å². The summed E-state index contributed by atoms with van der Waals surface area (Å²) in [6, 6.07) is 7.31. The first-order valence-electron chi connectivity index (χ1n) is 3.63. The molecule has 60 valence electrons. The fourth-order valence-electron chi connectivity index (χ4n) is 1.23. The number of hydrogen-bond acceptors (Lipinski definition) is 3. The Morgan fingerprint density at radius 1 is 1.23 bits per heavy atom. The van der Waals surface area contributed by atoms with Crippen LogP contribution in [-0.2, 0) is 0 Å². The van der Waals surface area contributed by atoms with Crippen LogP contribution in [0.3, 0.4) is 0 Å². The van der Waals surface area contributed by atoms with E-state index in [0.717, 1.165) is 5.52 Å². The monoisotopic (exact) mass is 168 g/mol. The normalized spacial score (nSPS) is 9.38. The van der Waals surface area contributed by atoms with Crippen LogP contribution in [0.5, 0.6) is 0 Å². The fourth-order valence-corrected chi connectivity index (χ4v) is 1.23. The molecule has 13 heavy (non-hydrogen) atoms. The molecule has 4 heteroatoms. The third-order valence-corrected chi connectivity index (χ3v) is 1.86. The predicted molar refractivity (Wildman–Crippen MR) is 45.5 cm³/mol. The molecule has 0 saturated carbocycles. The van der Waals surface area contributed by atoms with E-state index in [-0.39, 0.29) is 0 Å². The van der Waals surface area contributed by atoms with E-state index in [2.05, 4.69) is 10.2 Å². The number of hydrogen-bond donors (Lipinski definition) is 1. The van der Waals surface area contributed by atoms with Crippen molar-refractivity contribution < 1.29 is 0 Å². The minimum Gasteiger partial charge on any atom is -0.278 e. The molecule has 0 fully saturated rings. The molecule has 0 bridgehead atoms. The van der Waals surface area contributed by atoms with Crippen molar-refractivity contribution in [2.75, 3.05) is 0 Å². The largest absolute Gasteiger partial charge is 0.278 e. The van der Waals surface area contributed by atoms with Gasteiger partial charge in [0.2, 0.25) is 0 Å². The second-order valence-corrected chi connectivity index (χ2v) is 2.54. The lowest BCUT2D eigenvalue weighted by molar-refractivity contribution is 1.12. The molecule has 0 unspecified atom stereocenters. The molecule has 0 spiro atoms. The molecule has 0 radical (unpaired) electrons. The van der Waals surface area contributed by atoms with Gasteiger partial charge in [0.25, 0.3) is 0 Å². The Morgan fingerprint density at radius 2 is 2.08 bits per heavy atom. The average Bonchev–Trinajstić information content (AvgIpc) is 2.63. The van der Waals surface area contributed by atoms with Crippen molar-refractivity contribution >= 4 is 10.9 Å². The van der Waals surface area contributed by atoms with E-state index in [1.165, 1.54) is 0 Å². The molecule has 1 heterocycles. The van der Waals surface area contributed by atoms with Gasteiger partial charge in [-0.3, -0.25) is 5.10 Å². The summed E-state index contributed by atoms with van der Waals surface area (Å²) in [5.41, 5.74) is 1.54. The number of aromatic nitrogens is 2. The predicted octanol–water partition coefficient (Wildman–Crippen LogP) is 1.31. The Labute approximate surface area is 74.0 Å². The van der Waals surface area contributed by atoms with E-state index in [1.807, 2.05) is 12.1 Å². The summed E-state index contributed by atoms with van der Waals surface area (Å²) in [5.74, 6) is 0. The molecule has 2 aromatic rings. The lowest BCUT2D eigenvalue weighted by Gasteiger charge is -1.93. The smallest absolute Gasteiger partial charge is 0.101 e. The Hall–Kier alpha value is -2.33. The van der Waals surface area contributed by atoms with E-state index < -0.39 is 0 Å². The first kappa shape index (κ1) is 7.33. The van der Waals surface area contributed by atoms with Gasteiger partial charge in [-0.15, -0.1) is 0 Å². The number of benzene rings is 1. The molecule has 0 aliphatic rings. The number of aromatic amines is 1. The van der Waals surface area contributed by atoms with Crippen LogP contribution in [0.4, 0.5) is 0 Å². The molecule has 0 aliphatic carbocycles. The summed E-state index contributed by atoms with van der Waals surface area (Å²) in [5, 5.41) is 24.8. The van der Waals surface area contributed by atoms with Crippen molar-refractivity contribution in [1.82, 2.24) is 10.2 Å². The van der Waals surface area contributed by atoms with Crippen LogP contribution in [0, 0.1) is 22.7 Å². The van der Waals surface area contributed by atoms with Crippen LogP contribution >= 0.6 is 0 Å². The summed E-state index contributed by atoms with van der Waals surface area (Å²) in [6.07, 6.45) is 1.55. The number of nitrogens with zero attached hydrogens (tertiary/aromatic N) is 3. The van der Waals surface area contributed by atoms with Gasteiger partial charge in [0, 0.05) is 5.39 Å². The van der Waals surface area contributed by atoms with Gasteiger partial charge in [-0.05, 0) is 12.1 Å². The number of rotatable bonds is 0. The van der Waals surface area contributed by atoms with Crippen LogP contribution < -0.4 is 0 Å². The van der Waals surface area contributed by atoms with Gasteiger partial charge < -0.3 is 0 Å². The van der Waals surface area contributed by atoms with Gasteiger partial charge in [-0.25, -0.2) is 0 Å². The van der Waals surface area contributed by atoms with E-state index in [0.29, 0.717) is 16.5 Å². The molecule has 1 N–H and O–H groups in total. The molecule has 0 saturated heterocycles. The third-order valence-electron chi connectivity index (χ3n) is 1.86. The average molecular weight is 168 g/mol. The Kier molecular flexibility index (Phi) is 1.47. The zero-order valence-electron chi connectivity index (χ0n) is 6.57. The van der Waals surface area contributed by atoms with Crippen LogP contribution in [0.15, 0.2) is 18.3 Å². The quantitative estimate of drug-likeness (QED) is 0.644. The van der Waals surface area contributed by atoms with Crippen molar-refractivity contribution in [2.24, 2.45) is 0 Å². The Balaban J connectivity index is 2.94. The zero-order valence-corrected chi connectivity index (χ0v) is 6.57. The molecule has 0 amide bonds. The Morgan fingerprint density at radius 3 is 2.77 bits per heavy atom. The van der Waals surface area contributed by atoms with Crippen molar-refractivity contribution in [2.45, 2.75) is 0 Å². The highest BCUT2D eigenvalue weighted by atomic mass is 15.1. The second-order valence-electron chi connectivity index (χ2n) is 2.54. The third kappa shape index (κ3) is 0.935. The van der Waals surface area contributed by atoms with E-state index in [9.17, 15) is 0 Å². The summed E-state index contributed by atoms with van der Waals surface area (Å²) in [7, 11) is 0. The van der Waals surface area contributed by atoms with E-state index in [4.69, 9.17) is 10.5 Å². The minimum atomic E-state index is 0.383. The molecular formula is C9H4N4. The number of nitrogens with one attached hydrogen (secondary N) is 1. The molecule has 2 rings (SSSR count). The summed E-state index contributed by atoms with van der Waals surface area (Å²) >= 11 is 0. The van der Waals surface area contributed by atoms with E-state index in [1.54, 1.807) is 18.3 Å².